The number of nitrogens with two attached hydrogens (primary N) is 1. The van der Waals surface area contributed by atoms with Crippen LogP contribution in [0, 0.1) is 0 Å². The Kier molecular flexibility index (Phi) is 8.18. The van der Waals surface area contributed by atoms with Gasteiger partial charge in [0.2, 0.25) is 9.76 Å². The monoisotopic (exact) mass is 146 g/mol. The Morgan fingerprint density at radius 3 is 2.78 bits per heavy atom. The van der Waals surface area contributed by atoms with Crippen molar-refractivity contribution in [2.75, 3.05) is 19.6 Å². The molecule has 0 heterocycles. The van der Waals surface area contributed by atoms with Gasteiger partial charge in [0.25, 0.3) is 0 Å². The Balaban J connectivity index is 2.60. The van der Waals surface area contributed by atoms with Crippen molar-refractivity contribution in [2.45, 2.75) is 12.5 Å². The molecule has 0 unspecified atom stereocenters. The maximum Gasteiger partial charge on any atom is 0.224 e. The van der Waals surface area contributed by atoms with Crippen LogP contribution in [0.4, 0.5) is 0 Å². The third kappa shape index (κ3) is 8.10. The van der Waals surface area contributed by atoms with E-state index in [1.807, 2.05) is 0 Å². The summed E-state index contributed by atoms with van der Waals surface area (Å²) in [5, 5.41) is 3.14. The third-order valence-corrected chi connectivity index (χ3v) is 1.54. The lowest BCUT2D eigenvalue weighted by atomic mass is 10.5. The van der Waals surface area contributed by atoms with Gasteiger partial charge in [-0.1, -0.05) is 0 Å². The number of rotatable bonds is 6. The van der Waals surface area contributed by atoms with Gasteiger partial charge in [0.1, 0.15) is 0 Å². The zero-order chi connectivity index (χ0) is 6.95. The van der Waals surface area contributed by atoms with Crippen molar-refractivity contribution in [3.8, 4) is 0 Å². The van der Waals surface area contributed by atoms with Crippen molar-refractivity contribution in [2.24, 2.45) is 5.73 Å². The minimum absolute atomic E-state index is 0.0984. The Morgan fingerprint density at radius 1 is 1.44 bits per heavy atom. The molecule has 0 aromatic rings. The van der Waals surface area contributed by atoms with Gasteiger partial charge >= 0.3 is 0 Å². The van der Waals surface area contributed by atoms with E-state index in [1.54, 1.807) is 0 Å². The number of hydrogen-bond acceptors (Lipinski definition) is 3. The molecule has 0 aliphatic heterocycles. The maximum absolute atomic E-state index is 8.40. The van der Waals surface area contributed by atoms with Gasteiger partial charge < -0.3 is 15.8 Å². The first-order valence-electron chi connectivity index (χ1n) is 3.19. The molecule has 0 atom stereocenters. The van der Waals surface area contributed by atoms with Crippen LogP contribution in [0.25, 0.3) is 0 Å². The van der Waals surface area contributed by atoms with Crippen molar-refractivity contribution in [1.29, 1.82) is 0 Å². The summed E-state index contributed by atoms with van der Waals surface area (Å²) in [5.41, 5.74) is 5.23. The molecule has 2 radical (unpaired) electrons. The molecule has 0 amide bonds. The van der Waals surface area contributed by atoms with Gasteiger partial charge in [-0.15, -0.1) is 0 Å². The first-order chi connectivity index (χ1) is 4.41. The molecule has 0 spiro atoms. The van der Waals surface area contributed by atoms with Gasteiger partial charge in [-0.2, -0.15) is 0 Å². The van der Waals surface area contributed by atoms with E-state index in [0.29, 0.717) is 6.54 Å². The Labute approximate surface area is 58.6 Å². The maximum atomic E-state index is 8.40. The Bertz CT molecular complexity index is 48.2. The number of hydrogen-bond donors (Lipinski definition) is 3. The van der Waals surface area contributed by atoms with E-state index in [2.05, 4.69) is 5.32 Å². The second kappa shape index (κ2) is 8.10. The van der Waals surface area contributed by atoms with Gasteiger partial charge in [-0.3, -0.25) is 0 Å². The summed E-state index contributed by atoms with van der Waals surface area (Å²) in [5.74, 6) is 0. The van der Waals surface area contributed by atoms with Crippen molar-refractivity contribution in [1.82, 2.24) is 5.32 Å². The second-order valence-electron chi connectivity index (χ2n) is 1.80. The first-order valence-corrected chi connectivity index (χ1v) is 4.35. The molecular weight excluding hydrogens is 132 g/mol. The van der Waals surface area contributed by atoms with Crippen LogP contribution in [0.2, 0.25) is 6.04 Å². The highest BCUT2D eigenvalue weighted by molar-refractivity contribution is 6.25. The summed E-state index contributed by atoms with van der Waals surface area (Å²) in [6.45, 7) is 2.56. The van der Waals surface area contributed by atoms with Crippen molar-refractivity contribution >= 4 is 9.76 Å². The zero-order valence-electron chi connectivity index (χ0n) is 5.56. The van der Waals surface area contributed by atoms with Gasteiger partial charge in [0.15, 0.2) is 0 Å². The second-order valence-corrected chi connectivity index (χ2v) is 2.62. The Hall–Kier alpha value is 0.0969. The number of nitrogens with one attached hydrogen (secondary N) is 1. The summed E-state index contributed by atoms with van der Waals surface area (Å²) in [4.78, 5) is 8.40. The quantitative estimate of drug-likeness (QED) is 0.331. The molecule has 0 bridgehead atoms. The first kappa shape index (κ1) is 9.10. The van der Waals surface area contributed by atoms with Crippen LogP contribution >= 0.6 is 0 Å². The van der Waals surface area contributed by atoms with Crippen LogP contribution in [0.5, 0.6) is 0 Å². The SMILES string of the molecule is NCCNCCC[Si]O. The molecule has 0 aliphatic carbocycles. The predicted octanol–water partition coefficient (Wildman–Crippen LogP) is -1.05. The average Bonchev–Trinajstić information content (AvgIpc) is 1.89. The fourth-order valence-corrected chi connectivity index (χ4v) is 0.854. The highest BCUT2D eigenvalue weighted by Gasteiger charge is 1.86. The van der Waals surface area contributed by atoms with Crippen LogP contribution in [-0.2, 0) is 0 Å². The average molecular weight is 146 g/mol. The molecule has 0 aliphatic rings. The summed E-state index contributed by atoms with van der Waals surface area (Å²) < 4.78 is 0. The molecule has 0 rings (SSSR count). The molecule has 54 valence electrons. The Morgan fingerprint density at radius 2 is 2.22 bits per heavy atom. The van der Waals surface area contributed by atoms with E-state index in [9.17, 15) is 0 Å². The normalized spacial score (nSPS) is 10.0. The van der Waals surface area contributed by atoms with E-state index in [1.165, 1.54) is 0 Å². The minimum Gasteiger partial charge on any atom is -0.432 e. The van der Waals surface area contributed by atoms with E-state index >= 15 is 0 Å². The van der Waals surface area contributed by atoms with E-state index in [0.717, 1.165) is 25.6 Å². The molecule has 0 fully saturated rings. The van der Waals surface area contributed by atoms with Gasteiger partial charge in [0, 0.05) is 13.1 Å². The fourth-order valence-electron chi connectivity index (χ4n) is 0.520. The third-order valence-electron chi connectivity index (χ3n) is 0.963. The van der Waals surface area contributed by atoms with E-state index in [4.69, 9.17) is 10.5 Å². The molecule has 4 heteroatoms. The summed E-state index contributed by atoms with van der Waals surface area (Å²) in [6, 6.07) is 0.914. The van der Waals surface area contributed by atoms with Gasteiger partial charge in [-0.05, 0) is 19.0 Å². The molecule has 0 aromatic carbocycles. The van der Waals surface area contributed by atoms with Crippen LogP contribution < -0.4 is 11.1 Å². The topological polar surface area (TPSA) is 58.3 Å². The van der Waals surface area contributed by atoms with Gasteiger partial charge in [0.05, 0.1) is 0 Å². The molecular formula is C5H14N2OSi. The van der Waals surface area contributed by atoms with Crippen LogP contribution in [-0.4, -0.2) is 34.2 Å². The molecule has 0 saturated carbocycles. The lowest BCUT2D eigenvalue weighted by Crippen LogP contribution is -2.23. The summed E-state index contributed by atoms with van der Waals surface area (Å²) in [7, 11) is 0.0984. The molecule has 0 saturated heterocycles. The van der Waals surface area contributed by atoms with Crippen LogP contribution in [0.1, 0.15) is 6.42 Å². The lowest BCUT2D eigenvalue weighted by molar-refractivity contribution is 0.589. The smallest absolute Gasteiger partial charge is 0.224 e. The van der Waals surface area contributed by atoms with Crippen molar-refractivity contribution in [3.05, 3.63) is 0 Å². The fraction of sp³-hybridized carbons (Fsp3) is 1.00. The predicted molar refractivity (Wildman–Crippen MR) is 39.3 cm³/mol. The highest BCUT2D eigenvalue weighted by Crippen LogP contribution is 1.82. The van der Waals surface area contributed by atoms with Crippen LogP contribution in [0.15, 0.2) is 0 Å². The van der Waals surface area contributed by atoms with E-state index in [-0.39, 0.29) is 9.76 Å². The standard InChI is InChI=1S/C5H14N2OSi/c6-2-4-7-3-1-5-9-8/h7-8H,1-6H2. The summed E-state index contributed by atoms with van der Waals surface area (Å²) >= 11 is 0. The molecule has 9 heavy (non-hydrogen) atoms. The van der Waals surface area contributed by atoms with Gasteiger partial charge in [-0.25, -0.2) is 0 Å². The molecule has 4 N–H and O–H groups in total. The zero-order valence-corrected chi connectivity index (χ0v) is 6.56. The van der Waals surface area contributed by atoms with Crippen molar-refractivity contribution in [3.63, 3.8) is 0 Å². The largest absolute Gasteiger partial charge is 0.432 e. The lowest BCUT2D eigenvalue weighted by Gasteiger charge is -1.98. The van der Waals surface area contributed by atoms with Crippen molar-refractivity contribution < 1.29 is 4.80 Å². The minimum atomic E-state index is 0.0984. The van der Waals surface area contributed by atoms with Crippen LogP contribution in [0.3, 0.4) is 0 Å². The van der Waals surface area contributed by atoms with E-state index < -0.39 is 0 Å². The highest BCUT2D eigenvalue weighted by atomic mass is 28.2. The molecule has 3 nitrogen and oxygen atoms in total. The summed E-state index contributed by atoms with van der Waals surface area (Å²) in [6.07, 6.45) is 1.05. The molecule has 0 aromatic heterocycles.